The second kappa shape index (κ2) is 5.65. The Labute approximate surface area is 120 Å². The van der Waals surface area contributed by atoms with E-state index in [1.807, 2.05) is 58.0 Å². The molecule has 1 aromatic rings. The Morgan fingerprint density at radius 2 is 1.60 bits per heavy atom. The van der Waals surface area contributed by atoms with E-state index in [-0.39, 0.29) is 36.5 Å². The van der Waals surface area contributed by atoms with Crippen molar-refractivity contribution in [3.63, 3.8) is 0 Å². The molecule has 1 saturated heterocycles. The van der Waals surface area contributed by atoms with Crippen LogP contribution in [0.5, 0.6) is 0 Å². The summed E-state index contributed by atoms with van der Waals surface area (Å²) in [5.74, 6) is 0.0728. The van der Waals surface area contributed by atoms with E-state index >= 15 is 0 Å². The van der Waals surface area contributed by atoms with Crippen LogP contribution in [0.2, 0.25) is 0 Å². The average Bonchev–Trinajstić information content (AvgIpc) is 2.68. The highest BCUT2D eigenvalue weighted by atomic mass is 16.2. The first-order valence-corrected chi connectivity index (χ1v) is 7.11. The molecule has 0 bridgehead atoms. The van der Waals surface area contributed by atoms with Crippen molar-refractivity contribution in [2.45, 2.75) is 39.8 Å². The molecule has 0 radical (unpaired) electrons. The minimum atomic E-state index is -0.194. The van der Waals surface area contributed by atoms with Crippen LogP contribution in [0.4, 0.5) is 4.79 Å². The van der Waals surface area contributed by atoms with E-state index in [4.69, 9.17) is 0 Å². The summed E-state index contributed by atoms with van der Waals surface area (Å²) >= 11 is 0. The molecular formula is C16H22N2O2. The molecule has 1 unspecified atom stereocenters. The zero-order chi connectivity index (χ0) is 14.9. The monoisotopic (exact) mass is 274 g/mol. The van der Waals surface area contributed by atoms with Gasteiger partial charge in [0.15, 0.2) is 0 Å². The van der Waals surface area contributed by atoms with Crippen LogP contribution in [0, 0.1) is 5.92 Å². The smallest absolute Gasteiger partial charge is 0.313 e. The zero-order valence-corrected chi connectivity index (χ0v) is 12.5. The molecule has 1 fully saturated rings. The fourth-order valence-electron chi connectivity index (χ4n) is 2.69. The van der Waals surface area contributed by atoms with E-state index in [1.165, 1.54) is 4.90 Å². The third-order valence-corrected chi connectivity index (χ3v) is 3.70. The first kappa shape index (κ1) is 14.6. The van der Waals surface area contributed by atoms with Crippen molar-refractivity contribution >= 4 is 11.9 Å². The van der Waals surface area contributed by atoms with Gasteiger partial charge in [-0.25, -0.2) is 4.79 Å². The Kier molecular flexibility index (Phi) is 4.12. The maximum absolute atomic E-state index is 12.5. The topological polar surface area (TPSA) is 40.6 Å². The molecule has 0 N–H and O–H groups in total. The molecule has 0 aromatic heterocycles. The summed E-state index contributed by atoms with van der Waals surface area (Å²) in [5.41, 5.74) is 1.01. The molecule has 108 valence electrons. The average molecular weight is 274 g/mol. The van der Waals surface area contributed by atoms with Crippen LogP contribution in [-0.2, 0) is 4.79 Å². The lowest BCUT2D eigenvalue weighted by atomic mass is 9.94. The van der Waals surface area contributed by atoms with Crippen LogP contribution in [0.15, 0.2) is 30.3 Å². The van der Waals surface area contributed by atoms with Gasteiger partial charge in [-0.15, -0.1) is 0 Å². The highest BCUT2D eigenvalue weighted by molar-refractivity contribution is 6.02. The van der Waals surface area contributed by atoms with Crippen LogP contribution < -0.4 is 0 Å². The molecule has 1 aliphatic heterocycles. The van der Waals surface area contributed by atoms with Crippen molar-refractivity contribution in [1.29, 1.82) is 0 Å². The van der Waals surface area contributed by atoms with Crippen LogP contribution >= 0.6 is 0 Å². The first-order valence-electron chi connectivity index (χ1n) is 7.11. The molecule has 4 nitrogen and oxygen atoms in total. The molecule has 3 amide bonds. The van der Waals surface area contributed by atoms with Crippen LogP contribution in [-0.4, -0.2) is 34.3 Å². The van der Waals surface area contributed by atoms with Crippen molar-refractivity contribution < 1.29 is 9.59 Å². The van der Waals surface area contributed by atoms with Gasteiger partial charge in [0.2, 0.25) is 0 Å². The van der Waals surface area contributed by atoms with Crippen molar-refractivity contribution in [1.82, 2.24) is 9.80 Å². The molecule has 1 atom stereocenters. The van der Waals surface area contributed by atoms with Crippen molar-refractivity contribution in [2.75, 3.05) is 6.54 Å². The second-order valence-electron chi connectivity index (χ2n) is 5.87. The molecule has 1 aliphatic rings. The van der Waals surface area contributed by atoms with Crippen LogP contribution in [0.1, 0.15) is 39.3 Å². The van der Waals surface area contributed by atoms with E-state index in [2.05, 4.69) is 0 Å². The molecule has 20 heavy (non-hydrogen) atoms. The van der Waals surface area contributed by atoms with Gasteiger partial charge in [-0.3, -0.25) is 9.69 Å². The zero-order valence-electron chi connectivity index (χ0n) is 12.5. The van der Waals surface area contributed by atoms with E-state index < -0.39 is 0 Å². The van der Waals surface area contributed by atoms with Crippen molar-refractivity contribution in [3.05, 3.63) is 35.9 Å². The van der Waals surface area contributed by atoms with Gasteiger partial charge in [-0.2, -0.15) is 0 Å². The van der Waals surface area contributed by atoms with E-state index in [9.17, 15) is 9.59 Å². The SMILES string of the molecule is CC(C)C(c1ccccc1)N1C(=O)CN(C(C)C)C1=O. The van der Waals surface area contributed by atoms with E-state index in [0.29, 0.717) is 0 Å². The molecule has 0 spiro atoms. The Balaban J connectivity index is 2.36. The standard InChI is InChI=1S/C16H22N2O2/c1-11(2)15(13-8-6-5-7-9-13)18-14(19)10-17(12(3)4)16(18)20/h5-9,11-12,15H,10H2,1-4H3. The minimum absolute atomic E-state index is 0.0417. The number of rotatable bonds is 4. The highest BCUT2D eigenvalue weighted by Gasteiger charge is 2.42. The molecule has 1 heterocycles. The molecule has 0 saturated carbocycles. The minimum Gasteiger partial charge on any atom is -0.313 e. The predicted molar refractivity (Wildman–Crippen MR) is 78.1 cm³/mol. The normalized spacial score (nSPS) is 17.5. The third kappa shape index (κ3) is 2.55. The number of carbonyl (C=O) groups excluding carboxylic acids is 2. The van der Waals surface area contributed by atoms with Crippen LogP contribution in [0.25, 0.3) is 0 Å². The van der Waals surface area contributed by atoms with Crippen molar-refractivity contribution in [3.8, 4) is 0 Å². The van der Waals surface area contributed by atoms with Gasteiger partial charge in [-0.1, -0.05) is 44.2 Å². The molecule has 0 aliphatic carbocycles. The number of nitrogens with zero attached hydrogens (tertiary/aromatic N) is 2. The summed E-state index contributed by atoms with van der Waals surface area (Å²) in [6.45, 7) is 8.13. The molecule has 1 aromatic carbocycles. The van der Waals surface area contributed by atoms with Gasteiger partial charge in [-0.05, 0) is 25.3 Å². The summed E-state index contributed by atoms with van der Waals surface area (Å²) < 4.78 is 0. The van der Waals surface area contributed by atoms with Crippen molar-refractivity contribution in [2.24, 2.45) is 5.92 Å². The fourth-order valence-corrected chi connectivity index (χ4v) is 2.69. The number of hydrogen-bond acceptors (Lipinski definition) is 2. The lowest BCUT2D eigenvalue weighted by Gasteiger charge is -2.30. The Morgan fingerprint density at radius 3 is 2.05 bits per heavy atom. The van der Waals surface area contributed by atoms with E-state index in [0.717, 1.165) is 5.56 Å². The summed E-state index contributed by atoms with van der Waals surface area (Å²) in [6.07, 6.45) is 0. The van der Waals surface area contributed by atoms with Gasteiger partial charge < -0.3 is 4.90 Å². The molecular weight excluding hydrogens is 252 g/mol. The lowest BCUT2D eigenvalue weighted by Crippen LogP contribution is -2.40. The second-order valence-corrected chi connectivity index (χ2v) is 5.87. The Hall–Kier alpha value is -1.84. The van der Waals surface area contributed by atoms with Gasteiger partial charge in [0.1, 0.15) is 6.54 Å². The van der Waals surface area contributed by atoms with Gasteiger partial charge >= 0.3 is 6.03 Å². The molecule has 2 rings (SSSR count). The number of urea groups is 1. The summed E-state index contributed by atoms with van der Waals surface area (Å²) in [5, 5.41) is 0. The Morgan fingerprint density at radius 1 is 1.00 bits per heavy atom. The lowest BCUT2D eigenvalue weighted by molar-refractivity contribution is -0.127. The number of amides is 3. The largest absolute Gasteiger partial charge is 0.328 e. The quantitative estimate of drug-likeness (QED) is 0.792. The fraction of sp³-hybridized carbons (Fsp3) is 0.500. The number of carbonyl (C=O) groups is 2. The number of benzene rings is 1. The summed E-state index contributed by atoms with van der Waals surface area (Å²) in [4.78, 5) is 27.8. The van der Waals surface area contributed by atoms with Gasteiger partial charge in [0, 0.05) is 6.04 Å². The van der Waals surface area contributed by atoms with Gasteiger partial charge in [0.25, 0.3) is 5.91 Å². The summed E-state index contributed by atoms with van der Waals surface area (Å²) in [7, 11) is 0. The third-order valence-electron chi connectivity index (χ3n) is 3.70. The predicted octanol–water partition coefficient (Wildman–Crippen LogP) is 3.06. The number of imide groups is 1. The van der Waals surface area contributed by atoms with E-state index in [1.54, 1.807) is 4.90 Å². The first-order chi connectivity index (χ1) is 9.43. The number of hydrogen-bond donors (Lipinski definition) is 0. The van der Waals surface area contributed by atoms with Gasteiger partial charge in [0.05, 0.1) is 6.04 Å². The maximum Gasteiger partial charge on any atom is 0.328 e. The highest BCUT2D eigenvalue weighted by Crippen LogP contribution is 2.32. The summed E-state index contributed by atoms with van der Waals surface area (Å²) in [6, 6.07) is 9.44. The molecule has 4 heteroatoms. The maximum atomic E-state index is 12.5. The van der Waals surface area contributed by atoms with Crippen LogP contribution in [0.3, 0.4) is 0 Å². The Bertz CT molecular complexity index is 496.